The first-order valence-electron chi connectivity index (χ1n) is 6.19. The van der Waals surface area contributed by atoms with Crippen molar-refractivity contribution < 1.29 is 8.78 Å². The summed E-state index contributed by atoms with van der Waals surface area (Å²) < 4.78 is 27.0. The lowest BCUT2D eigenvalue weighted by molar-refractivity contribution is -0.0866. The Morgan fingerprint density at radius 3 is 2.67 bits per heavy atom. The van der Waals surface area contributed by atoms with Gasteiger partial charge in [-0.15, -0.1) is 10.2 Å². The van der Waals surface area contributed by atoms with Gasteiger partial charge in [0.2, 0.25) is 5.92 Å². The van der Waals surface area contributed by atoms with Gasteiger partial charge in [0, 0.05) is 30.7 Å². The Balaban J connectivity index is 2.02. The van der Waals surface area contributed by atoms with Gasteiger partial charge in [0.05, 0.1) is 0 Å². The van der Waals surface area contributed by atoms with Crippen molar-refractivity contribution >= 4 is 5.82 Å². The SMILES string of the molecule is Nc1nnc(-n2ccc(=O)[nH]c2=O)cc1C1CC(F)(F)C1. The topological polar surface area (TPSA) is 107 Å². The zero-order chi connectivity index (χ0) is 15.2. The Morgan fingerprint density at radius 2 is 2.05 bits per heavy atom. The summed E-state index contributed by atoms with van der Waals surface area (Å²) in [5.74, 6) is -2.91. The molecule has 0 amide bonds. The number of hydrogen-bond acceptors (Lipinski definition) is 5. The first-order chi connectivity index (χ1) is 9.85. The lowest BCUT2D eigenvalue weighted by atomic mass is 9.77. The van der Waals surface area contributed by atoms with Gasteiger partial charge in [0.25, 0.3) is 5.56 Å². The highest BCUT2D eigenvalue weighted by Gasteiger charge is 2.46. The van der Waals surface area contributed by atoms with E-state index >= 15 is 0 Å². The largest absolute Gasteiger partial charge is 0.382 e. The summed E-state index contributed by atoms with van der Waals surface area (Å²) in [5.41, 5.74) is 4.87. The summed E-state index contributed by atoms with van der Waals surface area (Å²) >= 11 is 0. The minimum absolute atomic E-state index is 0.0664. The maximum Gasteiger partial charge on any atom is 0.334 e. The quantitative estimate of drug-likeness (QED) is 0.834. The van der Waals surface area contributed by atoms with E-state index in [2.05, 4.69) is 15.2 Å². The zero-order valence-corrected chi connectivity index (χ0v) is 10.7. The van der Waals surface area contributed by atoms with Crippen molar-refractivity contribution in [1.82, 2.24) is 19.7 Å². The van der Waals surface area contributed by atoms with Crippen molar-refractivity contribution in [2.45, 2.75) is 24.7 Å². The van der Waals surface area contributed by atoms with Crippen molar-refractivity contribution in [2.24, 2.45) is 0 Å². The molecule has 3 rings (SSSR count). The van der Waals surface area contributed by atoms with Crippen LogP contribution < -0.4 is 17.0 Å². The average Bonchev–Trinajstić information content (AvgIpc) is 2.37. The molecule has 0 radical (unpaired) electrons. The van der Waals surface area contributed by atoms with Gasteiger partial charge in [-0.05, 0) is 12.0 Å². The molecule has 1 aliphatic rings. The number of nitrogen functional groups attached to an aromatic ring is 1. The van der Waals surface area contributed by atoms with Gasteiger partial charge in [0.1, 0.15) is 5.82 Å². The number of aromatic nitrogens is 4. The van der Waals surface area contributed by atoms with Gasteiger partial charge >= 0.3 is 5.69 Å². The summed E-state index contributed by atoms with van der Waals surface area (Å²) in [5, 5.41) is 7.46. The first-order valence-corrected chi connectivity index (χ1v) is 6.19. The van der Waals surface area contributed by atoms with E-state index < -0.39 is 23.1 Å². The molecule has 0 spiro atoms. The molecular formula is C12H11F2N5O2. The van der Waals surface area contributed by atoms with Crippen LogP contribution in [0, 0.1) is 0 Å². The number of rotatable bonds is 2. The number of alkyl halides is 2. The number of nitrogens with one attached hydrogen (secondary N) is 1. The van der Waals surface area contributed by atoms with Crippen LogP contribution in [0.25, 0.3) is 5.82 Å². The molecule has 2 aromatic rings. The van der Waals surface area contributed by atoms with Crippen LogP contribution >= 0.6 is 0 Å². The van der Waals surface area contributed by atoms with Crippen LogP contribution in [0.5, 0.6) is 0 Å². The number of nitrogens with two attached hydrogens (primary N) is 1. The van der Waals surface area contributed by atoms with Crippen LogP contribution in [-0.2, 0) is 0 Å². The molecule has 0 unspecified atom stereocenters. The van der Waals surface area contributed by atoms with Crippen LogP contribution in [0.1, 0.15) is 24.3 Å². The molecular weight excluding hydrogens is 284 g/mol. The van der Waals surface area contributed by atoms with Gasteiger partial charge in [-0.25, -0.2) is 13.6 Å². The maximum atomic E-state index is 13.0. The molecule has 0 aromatic carbocycles. The third-order valence-electron chi connectivity index (χ3n) is 3.44. The molecule has 2 heterocycles. The van der Waals surface area contributed by atoms with Gasteiger partial charge in [-0.2, -0.15) is 0 Å². The number of hydrogen-bond donors (Lipinski definition) is 2. The molecule has 110 valence electrons. The smallest absolute Gasteiger partial charge is 0.334 e. The second-order valence-corrected chi connectivity index (χ2v) is 4.98. The minimum Gasteiger partial charge on any atom is -0.382 e. The standard InChI is InChI=1S/C12H11F2N5O2/c13-12(14)4-6(5-12)7-3-8(17-18-10(7)15)19-2-1-9(20)16-11(19)21/h1-3,6H,4-5H2,(H2,15,18)(H,16,20,21). The molecule has 1 fully saturated rings. The second-order valence-electron chi connectivity index (χ2n) is 4.98. The highest BCUT2D eigenvalue weighted by atomic mass is 19.3. The number of halogens is 2. The predicted molar refractivity (Wildman–Crippen MR) is 69.6 cm³/mol. The summed E-state index contributed by atoms with van der Waals surface area (Å²) in [7, 11) is 0. The van der Waals surface area contributed by atoms with E-state index in [1.54, 1.807) is 0 Å². The molecule has 21 heavy (non-hydrogen) atoms. The number of H-pyrrole nitrogens is 1. The van der Waals surface area contributed by atoms with Gasteiger partial charge in [0.15, 0.2) is 5.82 Å². The minimum atomic E-state index is -2.69. The van der Waals surface area contributed by atoms with Gasteiger partial charge < -0.3 is 5.73 Å². The molecule has 2 aromatic heterocycles. The average molecular weight is 295 g/mol. The Morgan fingerprint density at radius 1 is 1.33 bits per heavy atom. The fourth-order valence-electron chi connectivity index (χ4n) is 2.33. The van der Waals surface area contributed by atoms with E-state index in [0.717, 1.165) is 10.6 Å². The lowest BCUT2D eigenvalue weighted by Crippen LogP contribution is -2.34. The monoisotopic (exact) mass is 295 g/mol. The Hall–Kier alpha value is -2.58. The van der Waals surface area contributed by atoms with E-state index in [0.29, 0.717) is 5.56 Å². The molecule has 7 nitrogen and oxygen atoms in total. The Labute approximate surface area is 116 Å². The molecule has 0 saturated heterocycles. The first kappa shape index (κ1) is 13.4. The number of aromatic amines is 1. The van der Waals surface area contributed by atoms with Crippen molar-refractivity contribution in [3.8, 4) is 5.82 Å². The number of anilines is 1. The Kier molecular flexibility index (Phi) is 2.85. The second kappa shape index (κ2) is 4.47. The van der Waals surface area contributed by atoms with Crippen molar-refractivity contribution in [1.29, 1.82) is 0 Å². The third kappa shape index (κ3) is 2.41. The Bertz CT molecular complexity index is 806. The maximum absolute atomic E-state index is 13.0. The molecule has 3 N–H and O–H groups in total. The highest BCUT2D eigenvalue weighted by Crippen LogP contribution is 2.49. The molecule has 9 heteroatoms. The van der Waals surface area contributed by atoms with Crippen molar-refractivity contribution in [3.05, 3.63) is 44.7 Å². The molecule has 0 atom stereocenters. The van der Waals surface area contributed by atoms with Crippen LogP contribution in [-0.4, -0.2) is 25.7 Å². The van der Waals surface area contributed by atoms with Crippen LogP contribution in [0.15, 0.2) is 27.9 Å². The molecule has 0 bridgehead atoms. The summed E-state index contributed by atoms with van der Waals surface area (Å²) in [6.07, 6.45) is 0.631. The normalized spacial score (nSPS) is 17.4. The van der Waals surface area contributed by atoms with E-state index in [1.165, 1.54) is 12.3 Å². The van der Waals surface area contributed by atoms with Crippen LogP contribution in [0.4, 0.5) is 14.6 Å². The van der Waals surface area contributed by atoms with Crippen molar-refractivity contribution in [2.75, 3.05) is 5.73 Å². The third-order valence-corrected chi connectivity index (χ3v) is 3.44. The summed E-state index contributed by atoms with van der Waals surface area (Å²) in [6, 6.07) is 2.60. The molecule has 0 aliphatic heterocycles. The summed E-state index contributed by atoms with van der Waals surface area (Å²) in [4.78, 5) is 24.8. The van der Waals surface area contributed by atoms with Crippen molar-refractivity contribution in [3.63, 3.8) is 0 Å². The fraction of sp³-hybridized carbons (Fsp3) is 0.333. The van der Waals surface area contributed by atoms with Gasteiger partial charge in [-0.1, -0.05) is 0 Å². The van der Waals surface area contributed by atoms with E-state index in [1.807, 2.05) is 0 Å². The fourth-order valence-corrected chi connectivity index (χ4v) is 2.33. The molecule has 1 saturated carbocycles. The van der Waals surface area contributed by atoms with E-state index in [4.69, 9.17) is 5.73 Å². The number of nitrogens with zero attached hydrogens (tertiary/aromatic N) is 3. The van der Waals surface area contributed by atoms with Crippen LogP contribution in [0.2, 0.25) is 0 Å². The van der Waals surface area contributed by atoms with E-state index in [9.17, 15) is 18.4 Å². The van der Waals surface area contributed by atoms with E-state index in [-0.39, 0.29) is 24.5 Å². The summed E-state index contributed by atoms with van der Waals surface area (Å²) in [6.45, 7) is 0. The lowest BCUT2D eigenvalue weighted by Gasteiger charge is -2.35. The van der Waals surface area contributed by atoms with Crippen LogP contribution in [0.3, 0.4) is 0 Å². The molecule has 1 aliphatic carbocycles. The predicted octanol–water partition coefficient (Wildman–Crippen LogP) is 0.411. The zero-order valence-electron chi connectivity index (χ0n) is 10.7. The highest BCUT2D eigenvalue weighted by molar-refractivity contribution is 5.45. The van der Waals surface area contributed by atoms with Gasteiger partial charge in [-0.3, -0.25) is 14.3 Å².